The zero-order valence-corrected chi connectivity index (χ0v) is 11.5. The highest BCUT2D eigenvalue weighted by Crippen LogP contribution is 2.17. The summed E-state index contributed by atoms with van der Waals surface area (Å²) in [5.41, 5.74) is -0.240. The second-order valence-electron chi connectivity index (χ2n) is 4.16. The summed E-state index contributed by atoms with van der Waals surface area (Å²) in [6.07, 6.45) is 3.20. The smallest absolute Gasteiger partial charge is 0.170 e. The van der Waals surface area contributed by atoms with Gasteiger partial charge in [0.15, 0.2) is 5.11 Å². The van der Waals surface area contributed by atoms with Crippen molar-refractivity contribution in [3.05, 3.63) is 54.0 Å². The van der Waals surface area contributed by atoms with Crippen LogP contribution in [0.2, 0.25) is 0 Å². The highest BCUT2D eigenvalue weighted by atomic mass is 32.1. The topological polar surface area (TPSA) is 37.2 Å². The third-order valence-electron chi connectivity index (χ3n) is 2.67. The second-order valence-corrected chi connectivity index (χ2v) is 4.57. The number of aryl methyl sites for hydroxylation is 1. The normalized spacial score (nSPS) is 10.3. The molecule has 0 unspecified atom stereocenters. The van der Waals surface area contributed by atoms with Gasteiger partial charge in [-0.1, -0.05) is 6.07 Å². The Balaban J connectivity index is 1.75. The van der Waals surface area contributed by atoms with Gasteiger partial charge in [-0.3, -0.25) is 0 Å². The molecule has 0 amide bonds. The molecule has 1 heterocycles. The first kappa shape index (κ1) is 14.5. The minimum absolute atomic E-state index is 0.188. The largest absolute Gasteiger partial charge is 0.469 e. The van der Waals surface area contributed by atoms with E-state index in [4.69, 9.17) is 16.6 Å². The number of halogens is 2. The minimum atomic E-state index is -0.676. The molecule has 0 aliphatic carbocycles. The van der Waals surface area contributed by atoms with Gasteiger partial charge in [0.05, 0.1) is 6.26 Å². The molecule has 0 radical (unpaired) electrons. The quantitative estimate of drug-likeness (QED) is 0.654. The van der Waals surface area contributed by atoms with E-state index in [0.717, 1.165) is 18.6 Å². The molecular weight excluding hydrogens is 282 g/mol. The van der Waals surface area contributed by atoms with Crippen LogP contribution < -0.4 is 10.6 Å². The molecule has 2 aromatic rings. The molecule has 2 N–H and O–H groups in total. The van der Waals surface area contributed by atoms with Crippen LogP contribution in [0.3, 0.4) is 0 Å². The van der Waals surface area contributed by atoms with Gasteiger partial charge >= 0.3 is 0 Å². The van der Waals surface area contributed by atoms with Gasteiger partial charge in [-0.25, -0.2) is 8.78 Å². The van der Waals surface area contributed by atoms with Crippen molar-refractivity contribution in [3.63, 3.8) is 0 Å². The van der Waals surface area contributed by atoms with E-state index in [2.05, 4.69) is 10.6 Å². The molecule has 1 aromatic carbocycles. The van der Waals surface area contributed by atoms with Crippen LogP contribution in [0.4, 0.5) is 14.5 Å². The van der Waals surface area contributed by atoms with Gasteiger partial charge in [-0.15, -0.1) is 0 Å². The highest BCUT2D eigenvalue weighted by Gasteiger charge is 2.09. The molecule has 0 saturated heterocycles. The van der Waals surface area contributed by atoms with Crippen LogP contribution >= 0.6 is 12.2 Å². The summed E-state index contributed by atoms with van der Waals surface area (Å²) < 4.78 is 32.0. The lowest BCUT2D eigenvalue weighted by atomic mass is 10.2. The Morgan fingerprint density at radius 3 is 2.55 bits per heavy atom. The SMILES string of the molecule is Fc1cccc(F)c1NC(=S)NCCCc1ccco1. The summed E-state index contributed by atoms with van der Waals surface area (Å²) in [6.45, 7) is 0.586. The fourth-order valence-electron chi connectivity index (χ4n) is 1.69. The lowest BCUT2D eigenvalue weighted by molar-refractivity contribution is 0.501. The maximum atomic E-state index is 13.4. The first-order valence-electron chi connectivity index (χ1n) is 6.18. The van der Waals surface area contributed by atoms with Gasteiger partial charge in [0.1, 0.15) is 23.1 Å². The molecule has 0 aliphatic heterocycles. The fraction of sp³-hybridized carbons (Fsp3) is 0.214. The van der Waals surface area contributed by atoms with Gasteiger partial charge in [-0.2, -0.15) is 0 Å². The number of anilines is 1. The van der Waals surface area contributed by atoms with E-state index in [1.807, 2.05) is 12.1 Å². The van der Waals surface area contributed by atoms with Gasteiger partial charge in [-0.05, 0) is 42.9 Å². The molecule has 0 bridgehead atoms. The molecule has 106 valence electrons. The summed E-state index contributed by atoms with van der Waals surface area (Å²) in [7, 11) is 0. The number of benzene rings is 1. The number of para-hydroxylation sites is 1. The van der Waals surface area contributed by atoms with Crippen LogP contribution in [-0.2, 0) is 6.42 Å². The van der Waals surface area contributed by atoms with E-state index in [1.54, 1.807) is 6.26 Å². The molecule has 0 spiro atoms. The Morgan fingerprint density at radius 2 is 1.90 bits per heavy atom. The van der Waals surface area contributed by atoms with Crippen molar-refractivity contribution in [2.24, 2.45) is 0 Å². The maximum Gasteiger partial charge on any atom is 0.170 e. The molecule has 0 fully saturated rings. The zero-order valence-electron chi connectivity index (χ0n) is 10.7. The Morgan fingerprint density at radius 1 is 1.15 bits per heavy atom. The lowest BCUT2D eigenvalue weighted by Crippen LogP contribution is -2.30. The van der Waals surface area contributed by atoms with E-state index in [1.165, 1.54) is 18.2 Å². The molecule has 6 heteroatoms. The van der Waals surface area contributed by atoms with E-state index in [-0.39, 0.29) is 10.8 Å². The average Bonchev–Trinajstić information content (AvgIpc) is 2.92. The predicted octanol–water partition coefficient (Wildman–Crippen LogP) is 3.48. The van der Waals surface area contributed by atoms with Crippen LogP contribution in [0.5, 0.6) is 0 Å². The maximum absolute atomic E-state index is 13.4. The molecule has 0 saturated carbocycles. The van der Waals surface area contributed by atoms with Gasteiger partial charge in [0, 0.05) is 13.0 Å². The van der Waals surface area contributed by atoms with Crippen LogP contribution in [0.15, 0.2) is 41.0 Å². The summed E-state index contributed by atoms with van der Waals surface area (Å²) in [4.78, 5) is 0. The Labute approximate surface area is 121 Å². The second kappa shape index (κ2) is 7.00. The number of hydrogen-bond donors (Lipinski definition) is 2. The number of hydrogen-bond acceptors (Lipinski definition) is 2. The minimum Gasteiger partial charge on any atom is -0.469 e. The number of nitrogens with one attached hydrogen (secondary N) is 2. The first-order chi connectivity index (χ1) is 9.66. The van der Waals surface area contributed by atoms with E-state index >= 15 is 0 Å². The third-order valence-corrected chi connectivity index (χ3v) is 2.91. The van der Waals surface area contributed by atoms with Crippen molar-refractivity contribution in [1.29, 1.82) is 0 Å². The lowest BCUT2D eigenvalue weighted by Gasteiger charge is -2.11. The van der Waals surface area contributed by atoms with Crippen molar-refractivity contribution in [2.75, 3.05) is 11.9 Å². The van der Waals surface area contributed by atoms with E-state index < -0.39 is 11.6 Å². The van der Waals surface area contributed by atoms with Crippen molar-refractivity contribution >= 4 is 23.0 Å². The Hall–Kier alpha value is -1.95. The van der Waals surface area contributed by atoms with Crippen LogP contribution in [0, 0.1) is 11.6 Å². The fourth-order valence-corrected chi connectivity index (χ4v) is 1.90. The summed E-state index contributed by atoms with van der Waals surface area (Å²) in [6, 6.07) is 7.37. The van der Waals surface area contributed by atoms with Gasteiger partial charge in [0.25, 0.3) is 0 Å². The Kier molecular flexibility index (Phi) is 5.06. The predicted molar refractivity (Wildman–Crippen MR) is 77.6 cm³/mol. The Bertz CT molecular complexity index is 552. The molecule has 0 atom stereocenters. The van der Waals surface area contributed by atoms with Gasteiger partial charge < -0.3 is 15.1 Å². The molecule has 1 aromatic heterocycles. The van der Waals surface area contributed by atoms with Crippen molar-refractivity contribution < 1.29 is 13.2 Å². The number of rotatable bonds is 5. The molecule has 3 nitrogen and oxygen atoms in total. The van der Waals surface area contributed by atoms with Crippen molar-refractivity contribution in [3.8, 4) is 0 Å². The molecule has 20 heavy (non-hydrogen) atoms. The van der Waals surface area contributed by atoms with Crippen molar-refractivity contribution in [1.82, 2.24) is 5.32 Å². The van der Waals surface area contributed by atoms with Crippen LogP contribution in [-0.4, -0.2) is 11.7 Å². The highest BCUT2D eigenvalue weighted by molar-refractivity contribution is 7.80. The molecule has 2 rings (SSSR count). The number of thiocarbonyl (C=S) groups is 1. The third kappa shape index (κ3) is 4.03. The monoisotopic (exact) mass is 296 g/mol. The molecule has 0 aliphatic rings. The van der Waals surface area contributed by atoms with Crippen LogP contribution in [0.1, 0.15) is 12.2 Å². The average molecular weight is 296 g/mol. The van der Waals surface area contributed by atoms with E-state index in [0.29, 0.717) is 6.54 Å². The van der Waals surface area contributed by atoms with Crippen LogP contribution in [0.25, 0.3) is 0 Å². The summed E-state index contributed by atoms with van der Waals surface area (Å²) in [5.74, 6) is -0.458. The van der Waals surface area contributed by atoms with Crippen molar-refractivity contribution in [2.45, 2.75) is 12.8 Å². The zero-order chi connectivity index (χ0) is 14.4. The summed E-state index contributed by atoms with van der Waals surface area (Å²) in [5, 5.41) is 5.60. The number of furan rings is 1. The van der Waals surface area contributed by atoms with E-state index in [9.17, 15) is 8.78 Å². The summed E-state index contributed by atoms with van der Waals surface area (Å²) >= 11 is 4.99. The standard InChI is InChI=1S/C14H14F2N2OS/c15-11-6-1-7-12(16)13(11)18-14(20)17-8-2-4-10-5-3-9-19-10/h1,3,5-7,9H,2,4,8H2,(H2,17,18,20). The van der Waals surface area contributed by atoms with Gasteiger partial charge in [0.2, 0.25) is 0 Å². The first-order valence-corrected chi connectivity index (χ1v) is 6.59. The molecular formula is C14H14F2N2OS.